The minimum atomic E-state index is -2.63. The van der Waals surface area contributed by atoms with Crippen LogP contribution in [0.1, 0.15) is 40.0 Å². The number of amides is 1. The van der Waals surface area contributed by atoms with Crippen molar-refractivity contribution in [1.29, 1.82) is 0 Å². The van der Waals surface area contributed by atoms with Crippen LogP contribution in [0.3, 0.4) is 0 Å². The highest BCUT2D eigenvalue weighted by atomic mass is 28.4. The summed E-state index contributed by atoms with van der Waals surface area (Å²) in [6.45, 7) is 8.30. The Kier molecular flexibility index (Phi) is 8.95. The Hall–Kier alpha value is -2.43. The van der Waals surface area contributed by atoms with E-state index in [0.29, 0.717) is 32.7 Å². The molecule has 0 aromatic heterocycles. The van der Waals surface area contributed by atoms with Gasteiger partial charge in [0.05, 0.1) is 18.6 Å². The molecule has 6 heteroatoms. The Bertz CT molecular complexity index is 951. The summed E-state index contributed by atoms with van der Waals surface area (Å²) in [5.41, 5.74) is -0.827. The third kappa shape index (κ3) is 5.87. The lowest BCUT2D eigenvalue weighted by atomic mass is 9.79. The highest BCUT2D eigenvalue weighted by Gasteiger charge is 2.50. The summed E-state index contributed by atoms with van der Waals surface area (Å²) in [7, 11) is 0.858. The molecule has 1 aliphatic rings. The Balaban J connectivity index is 1.87. The molecule has 0 radical (unpaired) electrons. The number of hydrogen-bond acceptors (Lipinski definition) is 4. The van der Waals surface area contributed by atoms with Gasteiger partial charge in [-0.15, -0.1) is 6.42 Å². The van der Waals surface area contributed by atoms with E-state index < -0.39 is 20.0 Å². The lowest BCUT2D eigenvalue weighted by Crippen LogP contribution is -2.66. The van der Waals surface area contributed by atoms with Gasteiger partial charge in [-0.3, -0.25) is 4.79 Å². The van der Waals surface area contributed by atoms with Crippen molar-refractivity contribution in [2.24, 2.45) is 5.41 Å². The maximum absolute atomic E-state index is 12.7. The molecular weight excluding hydrogens is 454 g/mol. The zero-order valence-corrected chi connectivity index (χ0v) is 22.8. The lowest BCUT2D eigenvalue weighted by Gasteiger charge is -2.43. The Labute approximate surface area is 211 Å². The van der Waals surface area contributed by atoms with Crippen LogP contribution in [0.5, 0.6) is 0 Å². The quantitative estimate of drug-likeness (QED) is 0.287. The lowest BCUT2D eigenvalue weighted by molar-refractivity contribution is -0.144. The zero-order chi connectivity index (χ0) is 25.5. The summed E-state index contributed by atoms with van der Waals surface area (Å²) < 4.78 is 18.6. The van der Waals surface area contributed by atoms with Crippen LogP contribution in [-0.2, 0) is 18.7 Å². The summed E-state index contributed by atoms with van der Waals surface area (Å²) in [5.74, 6) is 2.86. The van der Waals surface area contributed by atoms with Gasteiger partial charge in [0.2, 0.25) is 5.91 Å². The van der Waals surface area contributed by atoms with Crippen molar-refractivity contribution in [2.45, 2.75) is 51.4 Å². The van der Waals surface area contributed by atoms with Gasteiger partial charge in [0, 0.05) is 27.1 Å². The molecule has 1 fully saturated rings. The summed E-state index contributed by atoms with van der Waals surface area (Å²) in [6, 6.07) is 21.2. The summed E-state index contributed by atoms with van der Waals surface area (Å²) in [6.07, 6.45) is 6.91. The van der Waals surface area contributed by atoms with Crippen molar-refractivity contribution in [2.75, 3.05) is 33.9 Å². The standard InChI is InChI=1S/C29H39NO4Si/c1-7-29(23-26(31)30(5)6,27-32-21-22-33-27)19-14-20-34-35(28(2,3)4,24-15-10-8-11-16-24)25-17-12-9-13-18-25/h1,8-13,15-18,27H,14,19-23H2,2-6H3/t29-/m0/s1. The second kappa shape index (κ2) is 11.5. The molecule has 0 spiro atoms. The van der Waals surface area contributed by atoms with Crippen LogP contribution in [0.15, 0.2) is 60.7 Å². The first-order chi connectivity index (χ1) is 16.7. The number of hydrogen-bond donors (Lipinski definition) is 0. The first kappa shape index (κ1) is 27.2. The van der Waals surface area contributed by atoms with Gasteiger partial charge in [-0.2, -0.15) is 0 Å². The minimum absolute atomic E-state index is 0.0325. The van der Waals surface area contributed by atoms with Crippen molar-refractivity contribution in [3.8, 4) is 12.3 Å². The van der Waals surface area contributed by atoms with Crippen molar-refractivity contribution >= 4 is 24.6 Å². The van der Waals surface area contributed by atoms with Crippen molar-refractivity contribution in [1.82, 2.24) is 4.90 Å². The topological polar surface area (TPSA) is 48.0 Å². The predicted molar refractivity (Wildman–Crippen MR) is 143 cm³/mol. The average molecular weight is 494 g/mol. The molecule has 188 valence electrons. The zero-order valence-electron chi connectivity index (χ0n) is 21.8. The molecule has 2 aromatic carbocycles. The maximum Gasteiger partial charge on any atom is 0.261 e. The van der Waals surface area contributed by atoms with E-state index in [9.17, 15) is 4.79 Å². The smallest absolute Gasteiger partial charge is 0.261 e. The summed E-state index contributed by atoms with van der Waals surface area (Å²) in [5, 5.41) is 2.39. The molecule has 1 saturated heterocycles. The molecule has 1 atom stereocenters. The van der Waals surface area contributed by atoms with Crippen LogP contribution in [-0.4, -0.2) is 59.3 Å². The first-order valence-corrected chi connectivity index (χ1v) is 14.2. The van der Waals surface area contributed by atoms with Crippen molar-refractivity contribution in [3.63, 3.8) is 0 Å². The Morgan fingerprint density at radius 3 is 1.97 bits per heavy atom. The molecule has 1 aliphatic heterocycles. The number of carbonyl (C=O) groups excluding carboxylic acids is 1. The average Bonchev–Trinajstić information content (AvgIpc) is 3.39. The Morgan fingerprint density at radius 2 is 1.54 bits per heavy atom. The third-order valence-electron chi connectivity index (χ3n) is 6.83. The molecule has 1 heterocycles. The van der Waals surface area contributed by atoms with Gasteiger partial charge in [-0.1, -0.05) is 87.4 Å². The molecule has 0 saturated carbocycles. The fourth-order valence-electron chi connectivity index (χ4n) is 4.96. The number of nitrogens with zero attached hydrogens (tertiary/aromatic N) is 1. The van der Waals surface area contributed by atoms with Crippen LogP contribution in [0.25, 0.3) is 0 Å². The van der Waals surface area contributed by atoms with Crippen LogP contribution >= 0.6 is 0 Å². The highest BCUT2D eigenvalue weighted by molar-refractivity contribution is 6.99. The molecule has 0 unspecified atom stereocenters. The number of carbonyl (C=O) groups is 1. The normalized spacial score (nSPS) is 16.5. The van der Waals surface area contributed by atoms with E-state index in [1.165, 1.54) is 10.4 Å². The second-order valence-corrected chi connectivity index (χ2v) is 14.8. The summed E-state index contributed by atoms with van der Waals surface area (Å²) >= 11 is 0. The van der Waals surface area contributed by atoms with Gasteiger partial charge >= 0.3 is 0 Å². The monoisotopic (exact) mass is 493 g/mol. The van der Waals surface area contributed by atoms with Crippen LogP contribution in [0.4, 0.5) is 0 Å². The fourth-order valence-corrected chi connectivity index (χ4v) is 9.57. The van der Waals surface area contributed by atoms with Gasteiger partial charge in [0.1, 0.15) is 0 Å². The Morgan fingerprint density at radius 1 is 1.03 bits per heavy atom. The van der Waals surface area contributed by atoms with Crippen LogP contribution < -0.4 is 10.4 Å². The first-order valence-electron chi connectivity index (χ1n) is 12.3. The van der Waals surface area contributed by atoms with E-state index in [4.69, 9.17) is 20.3 Å². The van der Waals surface area contributed by atoms with E-state index >= 15 is 0 Å². The van der Waals surface area contributed by atoms with Gasteiger partial charge in [-0.05, 0) is 28.3 Å². The molecule has 1 amide bonds. The van der Waals surface area contributed by atoms with E-state index in [-0.39, 0.29) is 17.4 Å². The maximum atomic E-state index is 12.7. The van der Waals surface area contributed by atoms with Crippen molar-refractivity contribution in [3.05, 3.63) is 60.7 Å². The van der Waals surface area contributed by atoms with Gasteiger partial charge < -0.3 is 18.8 Å². The van der Waals surface area contributed by atoms with Crippen LogP contribution in [0.2, 0.25) is 5.04 Å². The molecule has 35 heavy (non-hydrogen) atoms. The minimum Gasteiger partial charge on any atom is -0.407 e. The number of ether oxygens (including phenoxy) is 2. The van der Waals surface area contributed by atoms with E-state index in [2.05, 4.69) is 75.2 Å². The SMILES string of the molecule is C#C[C@](CCCO[Si](c1ccccc1)(c1ccccc1)C(C)(C)C)(CC(=O)N(C)C)C1OCCO1. The molecular formula is C29H39NO4Si. The molecule has 0 bridgehead atoms. The summed E-state index contributed by atoms with van der Waals surface area (Å²) in [4.78, 5) is 14.2. The van der Waals surface area contributed by atoms with E-state index in [0.717, 1.165) is 0 Å². The van der Waals surface area contributed by atoms with Gasteiger partial charge in [-0.25, -0.2) is 0 Å². The highest BCUT2D eigenvalue weighted by Crippen LogP contribution is 2.39. The molecule has 5 nitrogen and oxygen atoms in total. The molecule has 0 aliphatic carbocycles. The van der Waals surface area contributed by atoms with Crippen LogP contribution in [0, 0.1) is 17.8 Å². The fraction of sp³-hybridized carbons (Fsp3) is 0.483. The largest absolute Gasteiger partial charge is 0.407 e. The molecule has 2 aromatic rings. The molecule has 3 rings (SSSR count). The van der Waals surface area contributed by atoms with Crippen molar-refractivity contribution < 1.29 is 18.7 Å². The van der Waals surface area contributed by atoms with E-state index in [1.54, 1.807) is 19.0 Å². The van der Waals surface area contributed by atoms with Gasteiger partial charge in [0.25, 0.3) is 8.32 Å². The van der Waals surface area contributed by atoms with E-state index in [1.807, 2.05) is 12.1 Å². The number of terminal acetylenes is 1. The van der Waals surface area contributed by atoms with Gasteiger partial charge in [0.15, 0.2) is 6.29 Å². The predicted octanol–water partition coefficient (Wildman–Crippen LogP) is 3.81. The number of benzene rings is 2. The third-order valence-corrected chi connectivity index (χ3v) is 11.9. The second-order valence-electron chi connectivity index (χ2n) is 10.5. The molecule has 0 N–H and O–H groups in total. The number of rotatable bonds is 10.